The van der Waals surface area contributed by atoms with Gasteiger partial charge in [-0.05, 0) is 53.6 Å². The number of hydrogen-bond acceptors (Lipinski definition) is 4. The molecule has 0 unspecified atom stereocenters. The number of aromatic nitrogens is 4. The van der Waals surface area contributed by atoms with Gasteiger partial charge in [-0.15, -0.1) is 0 Å². The lowest BCUT2D eigenvalue weighted by Gasteiger charge is -2.18. The summed E-state index contributed by atoms with van der Waals surface area (Å²) in [5.41, 5.74) is 6.80. The Morgan fingerprint density at radius 2 is 1.85 bits per heavy atom. The Labute approximate surface area is 224 Å². The van der Waals surface area contributed by atoms with E-state index in [-0.39, 0.29) is 11.7 Å². The first-order chi connectivity index (χ1) is 18.8. The van der Waals surface area contributed by atoms with Crippen molar-refractivity contribution in [3.63, 3.8) is 0 Å². The highest BCUT2D eigenvalue weighted by molar-refractivity contribution is 6.01. The van der Waals surface area contributed by atoms with Crippen LogP contribution in [-0.4, -0.2) is 26.1 Å². The van der Waals surface area contributed by atoms with Crippen LogP contribution in [-0.2, 0) is 4.79 Å². The number of carbonyl (C=O) groups is 1. The summed E-state index contributed by atoms with van der Waals surface area (Å²) in [4.78, 5) is 20.6. The van der Waals surface area contributed by atoms with Crippen LogP contribution in [0.1, 0.15) is 26.3 Å². The van der Waals surface area contributed by atoms with Gasteiger partial charge < -0.3 is 15.6 Å². The Morgan fingerprint density at radius 1 is 1.00 bits per heavy atom. The first kappa shape index (κ1) is 24.4. The van der Waals surface area contributed by atoms with Gasteiger partial charge in [-0.1, -0.05) is 45.0 Å². The van der Waals surface area contributed by atoms with Gasteiger partial charge in [0.2, 0.25) is 5.91 Å². The molecule has 1 aliphatic heterocycles. The maximum Gasteiger partial charge on any atom is 0.229 e. The summed E-state index contributed by atoms with van der Waals surface area (Å²) >= 11 is 0. The quantitative estimate of drug-likeness (QED) is 0.221. The van der Waals surface area contributed by atoms with Crippen LogP contribution in [0.2, 0.25) is 0 Å². The fourth-order valence-electron chi connectivity index (χ4n) is 4.56. The van der Waals surface area contributed by atoms with E-state index in [9.17, 15) is 9.18 Å². The molecule has 39 heavy (non-hydrogen) atoms. The van der Waals surface area contributed by atoms with Gasteiger partial charge in [0.05, 0.1) is 11.4 Å². The van der Waals surface area contributed by atoms with E-state index in [4.69, 9.17) is 0 Å². The van der Waals surface area contributed by atoms with Crippen molar-refractivity contribution in [2.24, 2.45) is 5.41 Å². The molecule has 194 valence electrons. The number of halogens is 1. The molecule has 0 atom stereocenters. The van der Waals surface area contributed by atoms with Crippen molar-refractivity contribution >= 4 is 33.4 Å². The van der Waals surface area contributed by atoms with Crippen molar-refractivity contribution in [3.05, 3.63) is 102 Å². The van der Waals surface area contributed by atoms with E-state index in [1.165, 1.54) is 12.1 Å². The molecule has 4 heterocycles. The van der Waals surface area contributed by atoms with Crippen LogP contribution < -0.4 is 10.6 Å². The minimum absolute atomic E-state index is 0.0678. The summed E-state index contributed by atoms with van der Waals surface area (Å²) in [6.07, 6.45) is 9.14. The first-order valence-corrected chi connectivity index (χ1v) is 12.6. The first-order valence-electron chi connectivity index (χ1n) is 12.6. The monoisotopic (exact) mass is 518 g/mol. The SMILES string of the molecule is CC(C)(C)C(=O)NC1=CC(c2cnc3n[nH]c(-c4cc5c(-c6cccc(F)c6)cccc5[nH]4)c3c2)=CNC=C1. The molecule has 1 aliphatic rings. The maximum atomic E-state index is 13.9. The van der Waals surface area contributed by atoms with Crippen molar-refractivity contribution in [1.82, 2.24) is 30.8 Å². The molecule has 6 rings (SSSR count). The number of carbonyl (C=O) groups excluding carboxylic acids is 1. The van der Waals surface area contributed by atoms with Crippen LogP contribution in [0.3, 0.4) is 0 Å². The molecule has 2 aromatic carbocycles. The topological polar surface area (TPSA) is 98.5 Å². The molecule has 7 nitrogen and oxygen atoms in total. The molecular weight excluding hydrogens is 491 g/mol. The van der Waals surface area contributed by atoms with E-state index in [1.807, 2.05) is 75.5 Å². The number of nitrogens with zero attached hydrogens (tertiary/aromatic N) is 2. The fraction of sp³-hybridized carbons (Fsp3) is 0.129. The molecule has 0 bridgehead atoms. The molecule has 0 aliphatic carbocycles. The summed E-state index contributed by atoms with van der Waals surface area (Å²) in [7, 11) is 0. The molecule has 3 aromatic heterocycles. The van der Waals surface area contributed by atoms with Crippen molar-refractivity contribution in [2.45, 2.75) is 20.8 Å². The number of nitrogens with one attached hydrogen (secondary N) is 4. The molecule has 8 heteroatoms. The van der Waals surface area contributed by atoms with Crippen molar-refractivity contribution in [2.75, 3.05) is 0 Å². The number of pyridine rings is 1. The summed E-state index contributed by atoms with van der Waals surface area (Å²) < 4.78 is 13.9. The minimum atomic E-state index is -0.515. The van der Waals surface area contributed by atoms with Gasteiger partial charge in [0.25, 0.3) is 0 Å². The zero-order chi connectivity index (χ0) is 27.1. The number of H-pyrrole nitrogens is 2. The van der Waals surface area contributed by atoms with Gasteiger partial charge in [0.1, 0.15) is 5.82 Å². The van der Waals surface area contributed by atoms with E-state index in [2.05, 4.69) is 30.8 Å². The Bertz CT molecular complexity index is 1830. The van der Waals surface area contributed by atoms with E-state index in [0.29, 0.717) is 11.3 Å². The molecule has 4 N–H and O–H groups in total. The molecule has 1 amide bonds. The number of aromatic amines is 2. The standard InChI is InChI=1S/C31H27FN6O/c1-31(2,3)30(39)35-22-10-11-33-16-19(13-22)20-14-25-28(37-38-29(25)34-17-20)27-15-24-23(8-5-9-26(24)36-27)18-6-4-7-21(32)12-18/h4-17,33,36H,1-3H3,(H,35,39)(H,34,37,38). The smallest absolute Gasteiger partial charge is 0.229 e. The van der Waals surface area contributed by atoms with Crippen LogP contribution >= 0.6 is 0 Å². The van der Waals surface area contributed by atoms with Crippen molar-refractivity contribution in [3.8, 4) is 22.5 Å². The Hall–Kier alpha value is -4.98. The largest absolute Gasteiger partial charge is 0.367 e. The maximum absolute atomic E-state index is 13.9. The lowest BCUT2D eigenvalue weighted by molar-refractivity contribution is -0.127. The predicted octanol–water partition coefficient (Wildman–Crippen LogP) is 6.42. The molecule has 5 aromatic rings. The van der Waals surface area contributed by atoms with Gasteiger partial charge in [-0.2, -0.15) is 5.10 Å². The fourth-order valence-corrected chi connectivity index (χ4v) is 4.56. The predicted molar refractivity (Wildman–Crippen MR) is 153 cm³/mol. The zero-order valence-corrected chi connectivity index (χ0v) is 21.8. The lowest BCUT2D eigenvalue weighted by atomic mass is 9.95. The summed E-state index contributed by atoms with van der Waals surface area (Å²) in [6, 6.07) is 16.6. The van der Waals surface area contributed by atoms with Gasteiger partial charge in [-0.3, -0.25) is 9.89 Å². The van der Waals surface area contributed by atoms with E-state index in [0.717, 1.165) is 49.9 Å². The third kappa shape index (κ3) is 4.72. The second kappa shape index (κ2) is 9.40. The number of amides is 1. The highest BCUT2D eigenvalue weighted by atomic mass is 19.1. The molecule has 0 saturated carbocycles. The van der Waals surface area contributed by atoms with Gasteiger partial charge in [0, 0.05) is 57.1 Å². The number of allylic oxidation sites excluding steroid dienone is 3. The van der Waals surface area contributed by atoms with Crippen LogP contribution in [0.15, 0.2) is 91.0 Å². The second-order valence-corrected chi connectivity index (χ2v) is 10.6. The van der Waals surface area contributed by atoms with Gasteiger partial charge in [-0.25, -0.2) is 9.37 Å². The second-order valence-electron chi connectivity index (χ2n) is 10.6. The zero-order valence-electron chi connectivity index (χ0n) is 21.8. The Kier molecular flexibility index (Phi) is 5.87. The van der Waals surface area contributed by atoms with Crippen molar-refractivity contribution < 1.29 is 9.18 Å². The number of hydrogen-bond donors (Lipinski definition) is 4. The van der Waals surface area contributed by atoms with Crippen LogP contribution in [0.5, 0.6) is 0 Å². The van der Waals surface area contributed by atoms with Crippen LogP contribution in [0.25, 0.3) is 50.0 Å². The van der Waals surface area contributed by atoms with Gasteiger partial charge in [0.15, 0.2) is 5.65 Å². The van der Waals surface area contributed by atoms with E-state index >= 15 is 0 Å². The average Bonchev–Trinajstić information content (AvgIpc) is 3.45. The number of benzene rings is 2. The molecule has 0 radical (unpaired) electrons. The highest BCUT2D eigenvalue weighted by Gasteiger charge is 2.22. The molecular formula is C31H27FN6O. The van der Waals surface area contributed by atoms with Crippen LogP contribution in [0, 0.1) is 11.2 Å². The summed E-state index contributed by atoms with van der Waals surface area (Å²) in [5, 5.41) is 15.5. The number of rotatable bonds is 4. The lowest BCUT2D eigenvalue weighted by Crippen LogP contribution is -2.33. The third-order valence-electron chi connectivity index (χ3n) is 6.66. The summed E-state index contributed by atoms with van der Waals surface area (Å²) in [5.74, 6) is -0.340. The average molecular weight is 519 g/mol. The van der Waals surface area contributed by atoms with Gasteiger partial charge >= 0.3 is 0 Å². The van der Waals surface area contributed by atoms with Crippen molar-refractivity contribution in [1.29, 1.82) is 0 Å². The van der Waals surface area contributed by atoms with E-state index < -0.39 is 5.41 Å². The molecule has 0 spiro atoms. The summed E-state index contributed by atoms with van der Waals surface area (Å²) in [6.45, 7) is 5.63. The third-order valence-corrected chi connectivity index (χ3v) is 6.66. The van der Waals surface area contributed by atoms with E-state index in [1.54, 1.807) is 18.5 Å². The normalized spacial score (nSPS) is 13.6. The molecule has 0 saturated heterocycles. The number of fused-ring (bicyclic) bond motifs is 2. The van der Waals surface area contributed by atoms with Crippen LogP contribution in [0.4, 0.5) is 4.39 Å². The minimum Gasteiger partial charge on any atom is -0.367 e. The highest BCUT2D eigenvalue weighted by Crippen LogP contribution is 2.34. The Morgan fingerprint density at radius 3 is 2.67 bits per heavy atom. The Balaban J connectivity index is 1.39. The molecule has 0 fully saturated rings.